The molecule has 1 aliphatic heterocycles. The molecule has 5 nitrogen and oxygen atoms in total. The predicted molar refractivity (Wildman–Crippen MR) is 112 cm³/mol. The zero-order valence-corrected chi connectivity index (χ0v) is 18.1. The van der Waals surface area contributed by atoms with Crippen LogP contribution in [0.4, 0.5) is 17.6 Å². The van der Waals surface area contributed by atoms with E-state index < -0.39 is 35.1 Å². The molecule has 0 bridgehead atoms. The molecule has 1 aliphatic rings. The van der Waals surface area contributed by atoms with Gasteiger partial charge in [0.2, 0.25) is 5.91 Å². The van der Waals surface area contributed by atoms with Crippen molar-refractivity contribution in [2.45, 2.75) is 18.6 Å². The van der Waals surface area contributed by atoms with Gasteiger partial charge in [0.1, 0.15) is 5.82 Å². The van der Waals surface area contributed by atoms with Crippen LogP contribution in [0.5, 0.6) is 0 Å². The average Bonchev–Trinajstić information content (AvgIpc) is 2.73. The van der Waals surface area contributed by atoms with Crippen LogP contribution in [0.15, 0.2) is 36.4 Å². The molecule has 1 atom stereocenters. The molecule has 2 N–H and O–H groups in total. The van der Waals surface area contributed by atoms with Crippen LogP contribution in [-0.4, -0.2) is 53.8 Å². The van der Waals surface area contributed by atoms with E-state index >= 15 is 0 Å². The summed E-state index contributed by atoms with van der Waals surface area (Å²) < 4.78 is 53.2. The van der Waals surface area contributed by atoms with Crippen LogP contribution in [0.1, 0.15) is 21.5 Å². The summed E-state index contributed by atoms with van der Waals surface area (Å²) >= 11 is 12.0. The van der Waals surface area contributed by atoms with E-state index in [2.05, 4.69) is 0 Å². The zero-order chi connectivity index (χ0) is 23.6. The molecule has 1 unspecified atom stereocenters. The quantitative estimate of drug-likeness (QED) is 0.657. The van der Waals surface area contributed by atoms with Gasteiger partial charge in [-0.2, -0.15) is 13.2 Å². The molecule has 2 amide bonds. The fraction of sp³-hybridized carbons (Fsp3) is 0.333. The third kappa shape index (κ3) is 5.51. The maximum absolute atomic E-state index is 13.5. The van der Waals surface area contributed by atoms with E-state index in [9.17, 15) is 27.2 Å². The van der Waals surface area contributed by atoms with Gasteiger partial charge in [-0.25, -0.2) is 4.39 Å². The molecule has 32 heavy (non-hydrogen) atoms. The van der Waals surface area contributed by atoms with Crippen LogP contribution < -0.4 is 5.73 Å². The number of carbonyl (C=O) groups excluding carboxylic acids is 2. The van der Waals surface area contributed by atoms with Gasteiger partial charge in [-0.15, -0.1) is 0 Å². The summed E-state index contributed by atoms with van der Waals surface area (Å²) in [7, 11) is 0. The Balaban J connectivity index is 1.64. The smallest absolute Gasteiger partial charge is 0.338 e. The summed E-state index contributed by atoms with van der Waals surface area (Å²) in [5.41, 5.74) is 4.71. The molecule has 0 saturated carbocycles. The first-order valence-electron chi connectivity index (χ1n) is 9.61. The van der Waals surface area contributed by atoms with Crippen molar-refractivity contribution in [3.05, 3.63) is 69.0 Å². The minimum absolute atomic E-state index is 0.00714. The summed E-state index contributed by atoms with van der Waals surface area (Å²) in [6.07, 6.45) is -4.63. The number of hydrogen-bond donors (Lipinski definition) is 1. The monoisotopic (exact) mass is 491 g/mol. The number of rotatable bonds is 4. The third-order valence-corrected chi connectivity index (χ3v) is 5.76. The van der Waals surface area contributed by atoms with E-state index in [0.29, 0.717) is 33.8 Å². The number of amides is 2. The second-order valence-corrected chi connectivity index (χ2v) is 8.20. The molecule has 1 saturated heterocycles. The number of benzene rings is 2. The first-order valence-corrected chi connectivity index (χ1v) is 10.4. The van der Waals surface area contributed by atoms with Crippen molar-refractivity contribution in [1.82, 2.24) is 9.80 Å². The SMILES string of the molecule is NC(Cc1ccc(Cl)cc1Cl)C(=O)N1CCN(C(=O)c2cc(F)ccc2C(F)(F)F)CC1. The first kappa shape index (κ1) is 24.3. The number of alkyl halides is 3. The lowest BCUT2D eigenvalue weighted by atomic mass is 10.0. The lowest BCUT2D eigenvalue weighted by Gasteiger charge is -2.36. The maximum atomic E-state index is 13.5. The molecule has 0 spiro atoms. The Labute approximate surface area is 191 Å². The van der Waals surface area contributed by atoms with Gasteiger partial charge < -0.3 is 15.5 Å². The second kappa shape index (κ2) is 9.64. The average molecular weight is 492 g/mol. The van der Waals surface area contributed by atoms with E-state index in [1.807, 2.05) is 0 Å². The van der Waals surface area contributed by atoms with Crippen LogP contribution in [0.25, 0.3) is 0 Å². The van der Waals surface area contributed by atoms with Crippen molar-refractivity contribution in [1.29, 1.82) is 0 Å². The molecule has 0 radical (unpaired) electrons. The first-order chi connectivity index (χ1) is 15.0. The van der Waals surface area contributed by atoms with E-state index in [1.54, 1.807) is 18.2 Å². The summed E-state index contributed by atoms with van der Waals surface area (Å²) in [5.74, 6) is -2.26. The largest absolute Gasteiger partial charge is 0.417 e. The van der Waals surface area contributed by atoms with E-state index in [4.69, 9.17) is 28.9 Å². The van der Waals surface area contributed by atoms with Crippen molar-refractivity contribution in [3.63, 3.8) is 0 Å². The van der Waals surface area contributed by atoms with Gasteiger partial charge >= 0.3 is 6.18 Å². The summed E-state index contributed by atoms with van der Waals surface area (Å²) in [5, 5.41) is 0.832. The molecule has 1 fully saturated rings. The van der Waals surface area contributed by atoms with Gasteiger partial charge in [0, 0.05) is 36.2 Å². The predicted octanol–water partition coefficient (Wildman–Crippen LogP) is 4.01. The minimum atomic E-state index is -4.80. The highest BCUT2D eigenvalue weighted by Crippen LogP contribution is 2.33. The van der Waals surface area contributed by atoms with Gasteiger partial charge in [-0.05, 0) is 42.3 Å². The van der Waals surface area contributed by atoms with Crippen LogP contribution in [0, 0.1) is 5.82 Å². The van der Waals surface area contributed by atoms with Gasteiger partial charge in [0.25, 0.3) is 5.91 Å². The Morgan fingerprint density at radius 1 is 1.00 bits per heavy atom. The van der Waals surface area contributed by atoms with Crippen molar-refractivity contribution >= 4 is 35.0 Å². The molecule has 172 valence electrons. The van der Waals surface area contributed by atoms with Crippen LogP contribution in [-0.2, 0) is 17.4 Å². The maximum Gasteiger partial charge on any atom is 0.417 e. The summed E-state index contributed by atoms with van der Waals surface area (Å²) in [6.45, 7) is 0.159. The lowest BCUT2D eigenvalue weighted by Crippen LogP contribution is -2.54. The van der Waals surface area contributed by atoms with Gasteiger partial charge in [-0.3, -0.25) is 9.59 Å². The Bertz CT molecular complexity index is 1020. The Kier molecular flexibility index (Phi) is 7.32. The Hall–Kier alpha value is -2.36. The number of carbonyl (C=O) groups is 2. The van der Waals surface area contributed by atoms with Crippen LogP contribution in [0.3, 0.4) is 0 Å². The fourth-order valence-electron chi connectivity index (χ4n) is 3.49. The number of hydrogen-bond acceptors (Lipinski definition) is 3. The minimum Gasteiger partial charge on any atom is -0.338 e. The van der Waals surface area contributed by atoms with Crippen LogP contribution in [0.2, 0.25) is 10.0 Å². The van der Waals surface area contributed by atoms with E-state index in [0.717, 1.165) is 4.90 Å². The zero-order valence-electron chi connectivity index (χ0n) is 16.6. The highest BCUT2D eigenvalue weighted by atomic mass is 35.5. The molecule has 0 aromatic heterocycles. The van der Waals surface area contributed by atoms with Crippen molar-refractivity contribution in [3.8, 4) is 0 Å². The van der Waals surface area contributed by atoms with Gasteiger partial charge in [0.15, 0.2) is 0 Å². The number of halogens is 6. The molecule has 2 aromatic carbocycles. The molecule has 2 aromatic rings. The van der Waals surface area contributed by atoms with E-state index in [-0.39, 0.29) is 38.5 Å². The Morgan fingerprint density at radius 3 is 2.22 bits per heavy atom. The number of piperazine rings is 1. The normalized spacial score (nSPS) is 15.6. The molecular weight excluding hydrogens is 473 g/mol. The van der Waals surface area contributed by atoms with E-state index in [1.165, 1.54) is 4.90 Å². The second-order valence-electron chi connectivity index (χ2n) is 7.35. The van der Waals surface area contributed by atoms with Crippen LogP contribution >= 0.6 is 23.2 Å². The van der Waals surface area contributed by atoms with Gasteiger partial charge in [-0.1, -0.05) is 29.3 Å². The highest BCUT2D eigenvalue weighted by Gasteiger charge is 2.37. The van der Waals surface area contributed by atoms with Crippen molar-refractivity contribution in [2.75, 3.05) is 26.2 Å². The molecule has 11 heteroatoms. The molecule has 0 aliphatic carbocycles. The number of nitrogens with two attached hydrogens (primary N) is 1. The molecule has 3 rings (SSSR count). The number of nitrogens with zero attached hydrogens (tertiary/aromatic N) is 2. The Morgan fingerprint density at radius 2 is 1.62 bits per heavy atom. The summed E-state index contributed by atoms with van der Waals surface area (Å²) in [6, 6.07) is 5.73. The summed E-state index contributed by atoms with van der Waals surface area (Å²) in [4.78, 5) is 27.9. The lowest BCUT2D eigenvalue weighted by molar-refractivity contribution is -0.138. The fourth-order valence-corrected chi connectivity index (χ4v) is 3.97. The topological polar surface area (TPSA) is 66.6 Å². The molecular formula is C21H19Cl2F4N3O2. The molecule has 1 heterocycles. The third-order valence-electron chi connectivity index (χ3n) is 5.17. The van der Waals surface area contributed by atoms with Crippen molar-refractivity contribution in [2.24, 2.45) is 5.73 Å². The highest BCUT2D eigenvalue weighted by molar-refractivity contribution is 6.35. The van der Waals surface area contributed by atoms with Gasteiger partial charge in [0.05, 0.1) is 17.2 Å². The standard InChI is InChI=1S/C21H19Cl2F4N3O2/c22-13-2-1-12(17(23)10-13)9-18(28)20(32)30-7-5-29(6-8-30)19(31)15-11-14(24)3-4-16(15)21(25,26)27/h1-4,10-11,18H,5-9,28H2. The van der Waals surface area contributed by atoms with Crippen molar-refractivity contribution < 1.29 is 27.2 Å².